The molecule has 0 radical (unpaired) electrons. The van der Waals surface area contributed by atoms with Gasteiger partial charge >= 0.3 is 0 Å². The average Bonchev–Trinajstić information content (AvgIpc) is 3.33. The van der Waals surface area contributed by atoms with Crippen molar-refractivity contribution in [2.75, 3.05) is 13.1 Å². The predicted molar refractivity (Wildman–Crippen MR) is 134 cm³/mol. The lowest BCUT2D eigenvalue weighted by molar-refractivity contribution is -0.123. The normalized spacial score (nSPS) is 18.2. The van der Waals surface area contributed by atoms with E-state index in [-0.39, 0.29) is 18.5 Å². The van der Waals surface area contributed by atoms with E-state index in [1.54, 1.807) is 0 Å². The molecule has 0 spiro atoms. The van der Waals surface area contributed by atoms with Crippen molar-refractivity contribution in [1.29, 1.82) is 0 Å². The van der Waals surface area contributed by atoms with Crippen LogP contribution in [0.1, 0.15) is 30.5 Å². The van der Waals surface area contributed by atoms with Gasteiger partial charge in [0.25, 0.3) is 0 Å². The van der Waals surface area contributed by atoms with Gasteiger partial charge in [0, 0.05) is 25.2 Å². The summed E-state index contributed by atoms with van der Waals surface area (Å²) in [4.78, 5) is 15.1. The van der Waals surface area contributed by atoms with Gasteiger partial charge in [-0.05, 0) is 43.0 Å². The second-order valence-corrected chi connectivity index (χ2v) is 10.6. The number of amides is 1. The minimum absolute atomic E-state index is 0.107. The van der Waals surface area contributed by atoms with Crippen molar-refractivity contribution in [3.05, 3.63) is 102 Å². The van der Waals surface area contributed by atoms with Crippen LogP contribution >= 0.6 is 0 Å². The van der Waals surface area contributed by atoms with Crippen LogP contribution in [0.3, 0.4) is 0 Å². The number of nitrogens with zero attached hydrogens (tertiary/aromatic N) is 1. The monoisotopic (exact) mass is 495 g/mol. The molecule has 6 nitrogen and oxygen atoms in total. The molecule has 1 heterocycles. The molecule has 0 aromatic heterocycles. The summed E-state index contributed by atoms with van der Waals surface area (Å²) in [6, 6.07) is 23.5. The minimum Gasteiger partial charge on any atom is -0.351 e. The number of rotatable bonds is 9. The summed E-state index contributed by atoms with van der Waals surface area (Å²) in [6.45, 7) is 3.63. The molecule has 35 heavy (non-hydrogen) atoms. The molecule has 8 heteroatoms. The zero-order valence-corrected chi connectivity index (χ0v) is 20.4. The highest BCUT2D eigenvalue weighted by Gasteiger charge is 2.32. The van der Waals surface area contributed by atoms with E-state index in [0.717, 1.165) is 24.6 Å². The molecule has 3 unspecified atom stereocenters. The van der Waals surface area contributed by atoms with E-state index < -0.39 is 32.7 Å². The molecule has 1 amide bonds. The molecule has 3 aromatic rings. The summed E-state index contributed by atoms with van der Waals surface area (Å²) in [6.07, 6.45) is 0.915. The van der Waals surface area contributed by atoms with Gasteiger partial charge in [-0.1, -0.05) is 72.8 Å². The van der Waals surface area contributed by atoms with Crippen LogP contribution in [0, 0.1) is 5.82 Å². The first-order valence-electron chi connectivity index (χ1n) is 11.7. The molecule has 184 valence electrons. The zero-order valence-electron chi connectivity index (χ0n) is 19.6. The van der Waals surface area contributed by atoms with E-state index in [0.29, 0.717) is 6.54 Å². The van der Waals surface area contributed by atoms with Crippen LogP contribution in [0.4, 0.5) is 4.39 Å². The van der Waals surface area contributed by atoms with Crippen LogP contribution in [-0.4, -0.2) is 44.4 Å². The number of nitrogens with one attached hydrogen (secondary N) is 2. The van der Waals surface area contributed by atoms with Crippen molar-refractivity contribution in [3.8, 4) is 0 Å². The number of carbonyl (C=O) groups is 1. The Morgan fingerprint density at radius 3 is 2.31 bits per heavy atom. The van der Waals surface area contributed by atoms with E-state index in [1.165, 1.54) is 23.8 Å². The largest absolute Gasteiger partial charge is 0.351 e. The van der Waals surface area contributed by atoms with Gasteiger partial charge < -0.3 is 5.32 Å². The highest BCUT2D eigenvalue weighted by atomic mass is 32.2. The molecule has 0 bridgehead atoms. The minimum atomic E-state index is -4.25. The van der Waals surface area contributed by atoms with E-state index >= 15 is 0 Å². The number of likely N-dealkylation sites (tertiary alicyclic amines) is 1. The van der Waals surface area contributed by atoms with Crippen LogP contribution in [0.2, 0.25) is 0 Å². The summed E-state index contributed by atoms with van der Waals surface area (Å²) in [5.74, 6) is -1.28. The van der Waals surface area contributed by atoms with Gasteiger partial charge in [-0.25, -0.2) is 12.8 Å². The van der Waals surface area contributed by atoms with Gasteiger partial charge in [-0.15, -0.1) is 0 Å². The third kappa shape index (κ3) is 6.33. The van der Waals surface area contributed by atoms with Crippen LogP contribution in [0.25, 0.3) is 0 Å². The van der Waals surface area contributed by atoms with Crippen molar-refractivity contribution in [2.45, 2.75) is 42.8 Å². The maximum Gasteiger partial charge on any atom is 0.244 e. The third-order valence-electron chi connectivity index (χ3n) is 6.42. The SMILES string of the molecule is CC(c1ccccc1)N1CCC(NC(=O)C(Cc2ccccc2)NS(=O)(=O)c2ccccc2F)C1. The quantitative estimate of drug-likeness (QED) is 0.475. The number of hydrogen-bond acceptors (Lipinski definition) is 4. The maximum atomic E-state index is 14.2. The van der Waals surface area contributed by atoms with Gasteiger partial charge in [0.1, 0.15) is 16.8 Å². The second kappa shape index (κ2) is 11.1. The summed E-state index contributed by atoms with van der Waals surface area (Å²) >= 11 is 0. The molecule has 1 fully saturated rings. The summed E-state index contributed by atoms with van der Waals surface area (Å²) in [5, 5.41) is 3.02. The first kappa shape index (κ1) is 25.0. The zero-order chi connectivity index (χ0) is 24.8. The first-order valence-corrected chi connectivity index (χ1v) is 13.2. The molecule has 2 N–H and O–H groups in total. The van der Waals surface area contributed by atoms with Gasteiger partial charge in [-0.2, -0.15) is 4.72 Å². The Morgan fingerprint density at radius 1 is 1.00 bits per heavy atom. The first-order chi connectivity index (χ1) is 16.8. The predicted octanol–water partition coefficient (Wildman–Crippen LogP) is 3.67. The summed E-state index contributed by atoms with van der Waals surface area (Å²) in [5.41, 5.74) is 2.01. The summed E-state index contributed by atoms with van der Waals surface area (Å²) < 4.78 is 42.6. The van der Waals surface area contributed by atoms with Crippen molar-refractivity contribution < 1.29 is 17.6 Å². The molecule has 3 aromatic carbocycles. The fourth-order valence-corrected chi connectivity index (χ4v) is 5.73. The lowest BCUT2D eigenvalue weighted by Crippen LogP contribution is -2.51. The molecule has 0 saturated carbocycles. The summed E-state index contributed by atoms with van der Waals surface area (Å²) in [7, 11) is -4.25. The van der Waals surface area contributed by atoms with Gasteiger partial charge in [-0.3, -0.25) is 9.69 Å². The molecule has 3 atom stereocenters. The van der Waals surface area contributed by atoms with E-state index in [4.69, 9.17) is 0 Å². The Balaban J connectivity index is 1.47. The van der Waals surface area contributed by atoms with Crippen LogP contribution in [0.15, 0.2) is 89.8 Å². The van der Waals surface area contributed by atoms with Gasteiger partial charge in [0.05, 0.1) is 0 Å². The molecule has 4 rings (SSSR count). The third-order valence-corrected chi connectivity index (χ3v) is 7.92. The molecule has 1 saturated heterocycles. The average molecular weight is 496 g/mol. The fraction of sp³-hybridized carbons (Fsp3) is 0.296. The topological polar surface area (TPSA) is 78.5 Å². The Labute approximate surface area is 206 Å². The molecule has 1 aliphatic heterocycles. The lowest BCUT2D eigenvalue weighted by Gasteiger charge is -2.25. The molecule has 1 aliphatic rings. The highest BCUT2D eigenvalue weighted by molar-refractivity contribution is 7.89. The number of benzene rings is 3. The van der Waals surface area contributed by atoms with Crippen molar-refractivity contribution in [3.63, 3.8) is 0 Å². The fourth-order valence-electron chi connectivity index (χ4n) is 4.45. The number of hydrogen-bond donors (Lipinski definition) is 2. The van der Waals surface area contributed by atoms with Crippen molar-refractivity contribution in [1.82, 2.24) is 14.9 Å². The van der Waals surface area contributed by atoms with Crippen LogP contribution < -0.4 is 10.0 Å². The lowest BCUT2D eigenvalue weighted by atomic mass is 10.1. The standard InChI is InChI=1S/C27H30FN3O3S/c1-20(22-12-6-3-7-13-22)31-17-16-23(19-31)29-27(32)25(18-21-10-4-2-5-11-21)30-35(33,34)26-15-9-8-14-24(26)28/h2-15,20,23,25,30H,16-19H2,1H3,(H,29,32). The van der Waals surface area contributed by atoms with Gasteiger partial charge in [0.2, 0.25) is 15.9 Å². The maximum absolute atomic E-state index is 14.2. The van der Waals surface area contributed by atoms with Crippen LogP contribution in [0.5, 0.6) is 0 Å². The van der Waals surface area contributed by atoms with E-state index in [2.05, 4.69) is 34.0 Å². The second-order valence-electron chi connectivity index (χ2n) is 8.87. The number of halogens is 1. The highest BCUT2D eigenvalue weighted by Crippen LogP contribution is 2.24. The molecular weight excluding hydrogens is 465 g/mol. The number of sulfonamides is 1. The Kier molecular flexibility index (Phi) is 7.95. The van der Waals surface area contributed by atoms with Gasteiger partial charge in [0.15, 0.2) is 0 Å². The molecular formula is C27H30FN3O3S. The Bertz CT molecular complexity index is 1240. The van der Waals surface area contributed by atoms with E-state index in [1.807, 2.05) is 48.5 Å². The Morgan fingerprint density at radius 2 is 1.63 bits per heavy atom. The van der Waals surface area contributed by atoms with Crippen molar-refractivity contribution in [2.24, 2.45) is 0 Å². The number of carbonyl (C=O) groups excluding carboxylic acids is 1. The van der Waals surface area contributed by atoms with E-state index in [9.17, 15) is 17.6 Å². The van der Waals surface area contributed by atoms with Crippen molar-refractivity contribution >= 4 is 15.9 Å². The smallest absolute Gasteiger partial charge is 0.244 e. The Hall–Kier alpha value is -3.07. The molecule has 0 aliphatic carbocycles. The van der Waals surface area contributed by atoms with Crippen LogP contribution in [-0.2, 0) is 21.2 Å².